The maximum atomic E-state index is 5.36. The lowest BCUT2D eigenvalue weighted by Gasteiger charge is -1.98. The van der Waals surface area contributed by atoms with Crippen LogP contribution in [-0.2, 0) is 0 Å². The number of nitrogens with zero attached hydrogens (tertiary/aromatic N) is 1. The third-order valence-electron chi connectivity index (χ3n) is 1.51. The number of aromatic nitrogens is 1. The highest BCUT2D eigenvalue weighted by Crippen LogP contribution is 2.24. The average Bonchev–Trinajstić information content (AvgIpc) is 2.48. The van der Waals surface area contributed by atoms with Crippen LogP contribution in [0.25, 0.3) is 0 Å². The molecule has 0 aromatic carbocycles. The number of hydrogen-bond donors (Lipinski definition) is 2. The predicted molar refractivity (Wildman–Crippen MR) is 53.7 cm³/mol. The van der Waals surface area contributed by atoms with Gasteiger partial charge in [0, 0.05) is 24.2 Å². The molecule has 4 heteroatoms. The lowest BCUT2D eigenvalue weighted by molar-refractivity contribution is 0.885. The lowest BCUT2D eigenvalue weighted by Crippen LogP contribution is -2.12. The van der Waals surface area contributed by atoms with Crippen molar-refractivity contribution in [3.8, 4) is 0 Å². The van der Waals surface area contributed by atoms with Crippen LogP contribution >= 0.6 is 11.3 Å². The molecule has 12 heavy (non-hydrogen) atoms. The summed E-state index contributed by atoms with van der Waals surface area (Å²) in [5.41, 5.74) is 5.36. The Morgan fingerprint density at radius 3 is 2.92 bits per heavy atom. The van der Waals surface area contributed by atoms with Gasteiger partial charge in [0.25, 0.3) is 0 Å². The first kappa shape index (κ1) is 9.48. The smallest absolute Gasteiger partial charge is 0.182 e. The highest BCUT2D eigenvalue weighted by Gasteiger charge is 2.03. The number of hydrogen-bond acceptors (Lipinski definition) is 4. The standard InChI is InChI=1S/C8H15N3S/c1-6(2)7-5-11-8(12-7)10-4-3-9/h5-6H,3-4,9H2,1-2H3,(H,10,11). The van der Waals surface area contributed by atoms with Gasteiger partial charge in [-0.25, -0.2) is 4.98 Å². The van der Waals surface area contributed by atoms with Crippen molar-refractivity contribution in [1.29, 1.82) is 0 Å². The van der Waals surface area contributed by atoms with E-state index in [4.69, 9.17) is 5.73 Å². The first-order valence-corrected chi connectivity index (χ1v) is 4.95. The molecule has 3 nitrogen and oxygen atoms in total. The van der Waals surface area contributed by atoms with Gasteiger partial charge in [-0.05, 0) is 5.92 Å². The van der Waals surface area contributed by atoms with Gasteiger partial charge in [0.15, 0.2) is 5.13 Å². The summed E-state index contributed by atoms with van der Waals surface area (Å²) in [4.78, 5) is 5.54. The monoisotopic (exact) mass is 185 g/mol. The summed E-state index contributed by atoms with van der Waals surface area (Å²) in [6, 6.07) is 0. The van der Waals surface area contributed by atoms with Gasteiger partial charge in [-0.3, -0.25) is 0 Å². The zero-order chi connectivity index (χ0) is 8.97. The van der Waals surface area contributed by atoms with Crippen molar-refractivity contribution in [2.75, 3.05) is 18.4 Å². The summed E-state index contributed by atoms with van der Waals surface area (Å²) in [5, 5.41) is 4.13. The topological polar surface area (TPSA) is 50.9 Å². The average molecular weight is 185 g/mol. The molecule has 0 unspecified atom stereocenters. The lowest BCUT2D eigenvalue weighted by atomic mass is 10.2. The number of nitrogens with two attached hydrogens (primary N) is 1. The molecule has 0 bridgehead atoms. The normalized spacial score (nSPS) is 10.7. The summed E-state index contributed by atoms with van der Waals surface area (Å²) in [6.45, 7) is 5.78. The van der Waals surface area contributed by atoms with E-state index in [0.717, 1.165) is 11.7 Å². The maximum absolute atomic E-state index is 5.36. The largest absolute Gasteiger partial charge is 0.360 e. The molecule has 1 heterocycles. The molecule has 0 aliphatic carbocycles. The molecule has 1 aromatic rings. The molecule has 0 aliphatic heterocycles. The molecule has 1 aromatic heterocycles. The Morgan fingerprint density at radius 2 is 2.42 bits per heavy atom. The summed E-state index contributed by atoms with van der Waals surface area (Å²) < 4.78 is 0. The van der Waals surface area contributed by atoms with Crippen LogP contribution in [0.3, 0.4) is 0 Å². The Hall–Kier alpha value is -0.610. The molecule has 3 N–H and O–H groups in total. The molecule has 0 aliphatic rings. The van der Waals surface area contributed by atoms with E-state index in [0.29, 0.717) is 12.5 Å². The molecule has 0 spiro atoms. The molecule has 0 saturated heterocycles. The second-order valence-corrected chi connectivity index (χ2v) is 4.00. The van der Waals surface area contributed by atoms with Gasteiger partial charge in [0.05, 0.1) is 0 Å². The van der Waals surface area contributed by atoms with Gasteiger partial charge in [-0.2, -0.15) is 0 Å². The fourth-order valence-corrected chi connectivity index (χ4v) is 1.66. The van der Waals surface area contributed by atoms with E-state index in [1.54, 1.807) is 11.3 Å². The van der Waals surface area contributed by atoms with Crippen LogP contribution in [-0.4, -0.2) is 18.1 Å². The van der Waals surface area contributed by atoms with Gasteiger partial charge in [0.2, 0.25) is 0 Å². The Morgan fingerprint density at radius 1 is 1.67 bits per heavy atom. The summed E-state index contributed by atoms with van der Waals surface area (Å²) in [6.07, 6.45) is 1.92. The van der Waals surface area contributed by atoms with Gasteiger partial charge in [-0.15, -0.1) is 11.3 Å². The van der Waals surface area contributed by atoms with Crippen molar-refractivity contribution in [1.82, 2.24) is 4.98 Å². The van der Waals surface area contributed by atoms with Gasteiger partial charge < -0.3 is 11.1 Å². The second kappa shape index (κ2) is 4.42. The van der Waals surface area contributed by atoms with E-state index >= 15 is 0 Å². The van der Waals surface area contributed by atoms with Crippen LogP contribution < -0.4 is 11.1 Å². The van der Waals surface area contributed by atoms with Gasteiger partial charge in [0.1, 0.15) is 0 Å². The quantitative estimate of drug-likeness (QED) is 0.749. The third kappa shape index (κ3) is 2.46. The molecule has 68 valence electrons. The third-order valence-corrected chi connectivity index (χ3v) is 2.77. The number of rotatable bonds is 4. The highest BCUT2D eigenvalue weighted by molar-refractivity contribution is 7.15. The van der Waals surface area contributed by atoms with Crippen LogP contribution in [0.4, 0.5) is 5.13 Å². The molecule has 0 radical (unpaired) electrons. The summed E-state index contributed by atoms with van der Waals surface area (Å²) in [5.74, 6) is 0.566. The van der Waals surface area contributed by atoms with Crippen molar-refractivity contribution < 1.29 is 0 Å². The van der Waals surface area contributed by atoms with E-state index in [-0.39, 0.29) is 0 Å². The van der Waals surface area contributed by atoms with Crippen molar-refractivity contribution in [3.63, 3.8) is 0 Å². The van der Waals surface area contributed by atoms with Crippen molar-refractivity contribution in [2.24, 2.45) is 5.73 Å². The maximum Gasteiger partial charge on any atom is 0.182 e. The van der Waals surface area contributed by atoms with E-state index in [1.165, 1.54) is 4.88 Å². The zero-order valence-electron chi connectivity index (χ0n) is 7.50. The van der Waals surface area contributed by atoms with E-state index in [1.807, 2.05) is 6.20 Å². The number of thiazole rings is 1. The molecule has 1 rings (SSSR count). The molecular weight excluding hydrogens is 170 g/mol. The van der Waals surface area contributed by atoms with Crippen molar-refractivity contribution >= 4 is 16.5 Å². The second-order valence-electron chi connectivity index (χ2n) is 2.94. The Balaban J connectivity index is 2.52. The fraction of sp³-hybridized carbons (Fsp3) is 0.625. The minimum Gasteiger partial charge on any atom is -0.360 e. The molecular formula is C8H15N3S. The van der Waals surface area contributed by atoms with Gasteiger partial charge in [-0.1, -0.05) is 13.8 Å². The Labute approximate surface area is 77.0 Å². The highest BCUT2D eigenvalue weighted by atomic mass is 32.1. The summed E-state index contributed by atoms with van der Waals surface area (Å²) >= 11 is 1.70. The van der Waals surface area contributed by atoms with Crippen LogP contribution in [0.2, 0.25) is 0 Å². The molecule has 0 amide bonds. The van der Waals surface area contributed by atoms with Crippen molar-refractivity contribution in [3.05, 3.63) is 11.1 Å². The minimum atomic E-state index is 0.566. The minimum absolute atomic E-state index is 0.566. The SMILES string of the molecule is CC(C)c1cnc(NCCN)s1. The number of anilines is 1. The Bertz CT molecular complexity index is 232. The molecule has 0 atom stereocenters. The first-order chi connectivity index (χ1) is 5.74. The van der Waals surface area contributed by atoms with E-state index in [2.05, 4.69) is 24.1 Å². The zero-order valence-corrected chi connectivity index (χ0v) is 8.32. The predicted octanol–water partition coefficient (Wildman–Crippen LogP) is 1.64. The number of nitrogens with one attached hydrogen (secondary N) is 1. The molecule has 0 saturated carbocycles. The fourth-order valence-electron chi connectivity index (χ4n) is 0.814. The van der Waals surface area contributed by atoms with E-state index < -0.39 is 0 Å². The Kier molecular flexibility index (Phi) is 3.49. The van der Waals surface area contributed by atoms with Crippen LogP contribution in [0.15, 0.2) is 6.20 Å². The summed E-state index contributed by atoms with van der Waals surface area (Å²) in [7, 11) is 0. The van der Waals surface area contributed by atoms with Gasteiger partial charge >= 0.3 is 0 Å². The van der Waals surface area contributed by atoms with Crippen LogP contribution in [0.1, 0.15) is 24.6 Å². The van der Waals surface area contributed by atoms with E-state index in [9.17, 15) is 0 Å². The van der Waals surface area contributed by atoms with Crippen molar-refractivity contribution in [2.45, 2.75) is 19.8 Å². The molecule has 0 fully saturated rings. The van der Waals surface area contributed by atoms with Crippen LogP contribution in [0, 0.1) is 0 Å². The first-order valence-electron chi connectivity index (χ1n) is 4.13. The van der Waals surface area contributed by atoms with Crippen LogP contribution in [0.5, 0.6) is 0 Å².